The van der Waals surface area contributed by atoms with Crippen LogP contribution in [-0.4, -0.2) is 9.97 Å². The largest absolute Gasteiger partial charge is 0.344 e. The van der Waals surface area contributed by atoms with Gasteiger partial charge in [-0.15, -0.1) is 0 Å². The van der Waals surface area contributed by atoms with Crippen molar-refractivity contribution in [3.8, 4) is 17.2 Å². The third-order valence-electron chi connectivity index (χ3n) is 3.77. The van der Waals surface area contributed by atoms with Crippen molar-refractivity contribution < 1.29 is 0 Å². The fourth-order valence-electron chi connectivity index (χ4n) is 2.64. The first kappa shape index (κ1) is 15.3. The highest BCUT2D eigenvalue weighted by atomic mass is 35.5. The highest BCUT2D eigenvalue weighted by molar-refractivity contribution is 6.30. The molecule has 0 unspecified atom stereocenters. The van der Waals surface area contributed by atoms with Crippen molar-refractivity contribution in [3.05, 3.63) is 76.8 Å². The Labute approximate surface area is 140 Å². The molecule has 1 heterocycles. The molecule has 2 aromatic carbocycles. The van der Waals surface area contributed by atoms with Gasteiger partial charge >= 0.3 is 0 Å². The van der Waals surface area contributed by atoms with Gasteiger partial charge in [0.25, 0.3) is 0 Å². The molecular formula is C19H16ClN3. The van der Waals surface area contributed by atoms with Gasteiger partial charge in [-0.3, -0.25) is 0 Å². The van der Waals surface area contributed by atoms with Gasteiger partial charge in [-0.25, -0.2) is 4.98 Å². The van der Waals surface area contributed by atoms with E-state index in [1.807, 2.05) is 18.2 Å². The number of H-pyrrole nitrogens is 1. The molecule has 3 aromatic rings. The Morgan fingerprint density at radius 3 is 2.52 bits per heavy atom. The van der Waals surface area contributed by atoms with Crippen LogP contribution in [0, 0.1) is 11.3 Å². The number of halogens is 1. The summed E-state index contributed by atoms with van der Waals surface area (Å²) < 4.78 is 0. The highest BCUT2D eigenvalue weighted by Crippen LogP contribution is 2.24. The Morgan fingerprint density at radius 1 is 1.00 bits per heavy atom. The van der Waals surface area contributed by atoms with E-state index >= 15 is 0 Å². The third kappa shape index (κ3) is 3.61. The van der Waals surface area contributed by atoms with Gasteiger partial charge in [0.2, 0.25) is 0 Å². The molecule has 23 heavy (non-hydrogen) atoms. The van der Waals surface area contributed by atoms with E-state index in [2.05, 4.69) is 52.4 Å². The van der Waals surface area contributed by atoms with E-state index in [9.17, 15) is 0 Å². The summed E-state index contributed by atoms with van der Waals surface area (Å²) in [5.74, 6) is 0.822. The number of nitrogens with one attached hydrogen (secondary N) is 1. The Kier molecular flexibility index (Phi) is 4.75. The number of hydrogen-bond acceptors (Lipinski definition) is 2. The average molecular weight is 322 g/mol. The minimum atomic E-state index is 0.256. The van der Waals surface area contributed by atoms with E-state index in [4.69, 9.17) is 16.9 Å². The number of nitrogens with zero attached hydrogens (tertiary/aromatic N) is 2. The van der Waals surface area contributed by atoms with Crippen LogP contribution in [0.3, 0.4) is 0 Å². The Balaban J connectivity index is 1.79. The lowest BCUT2D eigenvalue weighted by Crippen LogP contribution is -1.96. The number of aromatic amines is 1. The fraction of sp³-hybridized carbons (Fsp3) is 0.158. The summed E-state index contributed by atoms with van der Waals surface area (Å²) in [5, 5.41) is 9.17. The minimum absolute atomic E-state index is 0.256. The predicted octanol–water partition coefficient (Wildman–Crippen LogP) is 4.58. The molecule has 0 aliphatic carbocycles. The smallest absolute Gasteiger partial charge is 0.151 e. The molecule has 3 rings (SSSR count). The summed E-state index contributed by atoms with van der Waals surface area (Å²) in [6, 6.07) is 20.8. The second-order valence-corrected chi connectivity index (χ2v) is 5.67. The molecule has 0 saturated heterocycles. The number of aryl methyl sites for hydroxylation is 2. The summed E-state index contributed by atoms with van der Waals surface area (Å²) in [4.78, 5) is 7.45. The molecular weight excluding hydrogens is 306 g/mol. The topological polar surface area (TPSA) is 52.5 Å². The van der Waals surface area contributed by atoms with E-state index in [-0.39, 0.29) is 6.42 Å². The minimum Gasteiger partial charge on any atom is -0.344 e. The van der Waals surface area contributed by atoms with Gasteiger partial charge in [-0.2, -0.15) is 5.26 Å². The monoisotopic (exact) mass is 321 g/mol. The third-order valence-corrected chi connectivity index (χ3v) is 4.08. The van der Waals surface area contributed by atoms with Crippen LogP contribution >= 0.6 is 11.6 Å². The molecule has 0 atom stereocenters. The Hall–Kier alpha value is -2.57. The van der Waals surface area contributed by atoms with Gasteiger partial charge in [0, 0.05) is 6.42 Å². The molecule has 4 heteroatoms. The lowest BCUT2D eigenvalue weighted by atomic mass is 9.97. The summed E-state index contributed by atoms with van der Waals surface area (Å²) in [5.41, 5.74) is 4.42. The van der Waals surface area contributed by atoms with Crippen LogP contribution in [0.15, 0.2) is 54.6 Å². The lowest BCUT2D eigenvalue weighted by Gasteiger charge is -2.09. The van der Waals surface area contributed by atoms with E-state index < -0.39 is 0 Å². The highest BCUT2D eigenvalue weighted by Gasteiger charge is 2.09. The molecule has 3 nitrogen and oxygen atoms in total. The van der Waals surface area contributed by atoms with Gasteiger partial charge in [0.15, 0.2) is 5.15 Å². The molecule has 0 radical (unpaired) electrons. The van der Waals surface area contributed by atoms with Crippen LogP contribution in [0.4, 0.5) is 0 Å². The SMILES string of the molecule is N#CCc1[nH]c(CCc2ccccc2-c2ccccc2)nc1Cl. The van der Waals surface area contributed by atoms with Crippen molar-refractivity contribution in [2.75, 3.05) is 0 Å². The number of imidazole rings is 1. The van der Waals surface area contributed by atoms with Crippen LogP contribution in [0.25, 0.3) is 11.1 Å². The van der Waals surface area contributed by atoms with Crippen molar-refractivity contribution in [2.45, 2.75) is 19.3 Å². The molecule has 114 valence electrons. The normalized spacial score (nSPS) is 10.4. The maximum Gasteiger partial charge on any atom is 0.151 e. The summed E-state index contributed by atoms with van der Waals surface area (Å²) in [6.45, 7) is 0. The van der Waals surface area contributed by atoms with Gasteiger partial charge in [0.1, 0.15) is 5.82 Å². The van der Waals surface area contributed by atoms with Crippen molar-refractivity contribution in [1.82, 2.24) is 9.97 Å². The number of nitriles is 1. The maximum absolute atomic E-state index is 8.77. The molecule has 0 fully saturated rings. The molecule has 1 N–H and O–H groups in total. The van der Waals surface area contributed by atoms with Crippen molar-refractivity contribution in [1.29, 1.82) is 5.26 Å². The first-order valence-corrected chi connectivity index (χ1v) is 7.89. The van der Waals surface area contributed by atoms with Crippen molar-refractivity contribution in [3.63, 3.8) is 0 Å². The first-order chi connectivity index (χ1) is 11.3. The molecule has 0 aliphatic heterocycles. The number of hydrogen-bond donors (Lipinski definition) is 1. The summed E-state index contributed by atoms with van der Waals surface area (Å²) in [7, 11) is 0. The maximum atomic E-state index is 8.77. The first-order valence-electron chi connectivity index (χ1n) is 7.51. The van der Waals surface area contributed by atoms with Crippen LogP contribution in [0.2, 0.25) is 5.15 Å². The average Bonchev–Trinajstić information content (AvgIpc) is 2.94. The van der Waals surface area contributed by atoms with E-state index in [0.29, 0.717) is 10.8 Å². The van der Waals surface area contributed by atoms with Crippen molar-refractivity contribution in [2.24, 2.45) is 0 Å². The number of rotatable bonds is 5. The molecule has 0 bridgehead atoms. The van der Waals surface area contributed by atoms with Gasteiger partial charge < -0.3 is 4.98 Å². The summed E-state index contributed by atoms with van der Waals surface area (Å²) in [6.07, 6.45) is 1.88. The van der Waals surface area contributed by atoms with E-state index in [1.54, 1.807) is 0 Å². The van der Waals surface area contributed by atoms with Crippen LogP contribution in [-0.2, 0) is 19.3 Å². The Morgan fingerprint density at radius 2 is 1.74 bits per heavy atom. The second kappa shape index (κ2) is 7.13. The molecule has 0 aliphatic rings. The number of benzene rings is 2. The van der Waals surface area contributed by atoms with E-state index in [0.717, 1.165) is 18.7 Å². The Bertz CT molecular complexity index is 831. The van der Waals surface area contributed by atoms with Gasteiger partial charge in [0.05, 0.1) is 18.2 Å². The van der Waals surface area contributed by atoms with Crippen molar-refractivity contribution >= 4 is 11.6 Å². The summed E-state index contributed by atoms with van der Waals surface area (Å²) >= 11 is 6.04. The van der Waals surface area contributed by atoms with Gasteiger partial charge in [-0.05, 0) is 23.1 Å². The molecule has 1 aromatic heterocycles. The van der Waals surface area contributed by atoms with E-state index in [1.165, 1.54) is 16.7 Å². The quantitative estimate of drug-likeness (QED) is 0.747. The number of aromatic nitrogens is 2. The van der Waals surface area contributed by atoms with Crippen LogP contribution in [0.1, 0.15) is 17.1 Å². The fourth-order valence-corrected chi connectivity index (χ4v) is 2.86. The van der Waals surface area contributed by atoms with Crippen LogP contribution < -0.4 is 0 Å². The molecule has 0 amide bonds. The second-order valence-electron chi connectivity index (χ2n) is 5.31. The zero-order chi connectivity index (χ0) is 16.1. The predicted molar refractivity (Wildman–Crippen MR) is 92.2 cm³/mol. The zero-order valence-electron chi connectivity index (χ0n) is 12.6. The zero-order valence-corrected chi connectivity index (χ0v) is 13.3. The standard InChI is InChI=1S/C19H16ClN3/c20-19-17(12-13-21)22-18(23-19)11-10-15-8-4-5-9-16(15)14-6-2-1-3-7-14/h1-9H,10-12H2,(H,22,23). The van der Waals surface area contributed by atoms with Crippen LogP contribution in [0.5, 0.6) is 0 Å². The molecule has 0 saturated carbocycles. The lowest BCUT2D eigenvalue weighted by molar-refractivity contribution is 0.880. The van der Waals surface area contributed by atoms with Gasteiger partial charge in [-0.1, -0.05) is 66.2 Å². The molecule has 0 spiro atoms.